The van der Waals surface area contributed by atoms with Crippen molar-refractivity contribution in [2.24, 2.45) is 11.8 Å². The Kier molecular flexibility index (Phi) is 10.9. The van der Waals surface area contributed by atoms with E-state index < -0.39 is 0 Å². The van der Waals surface area contributed by atoms with Gasteiger partial charge in [0, 0.05) is 0 Å². The Labute approximate surface area is 178 Å². The van der Waals surface area contributed by atoms with Crippen molar-refractivity contribution in [2.75, 3.05) is 54.4 Å². The average molecular weight is 395 g/mol. The fourth-order valence-electron chi connectivity index (χ4n) is 5.67. The van der Waals surface area contributed by atoms with Crippen LogP contribution >= 0.6 is 0 Å². The van der Waals surface area contributed by atoms with Crippen LogP contribution in [0, 0.1) is 11.8 Å². The second-order valence-corrected chi connectivity index (χ2v) is 11.8. The Morgan fingerprint density at radius 2 is 0.821 bits per heavy atom. The van der Waals surface area contributed by atoms with Gasteiger partial charge in [-0.3, -0.25) is 0 Å². The molecule has 0 aliphatic heterocycles. The summed E-state index contributed by atoms with van der Waals surface area (Å²) in [7, 11) is 9.87. The lowest BCUT2D eigenvalue weighted by Crippen LogP contribution is -2.42. The molecule has 0 N–H and O–H groups in total. The second-order valence-electron chi connectivity index (χ2n) is 11.8. The van der Waals surface area contributed by atoms with Gasteiger partial charge in [-0.1, -0.05) is 64.2 Å². The van der Waals surface area contributed by atoms with Gasteiger partial charge in [-0.15, -0.1) is 0 Å². The van der Waals surface area contributed by atoms with E-state index in [2.05, 4.69) is 28.2 Å². The molecule has 2 aliphatic rings. The minimum absolute atomic E-state index is 1.04. The molecule has 28 heavy (non-hydrogen) atoms. The quantitative estimate of drug-likeness (QED) is 0.242. The molecule has 2 aliphatic carbocycles. The largest absolute Gasteiger partial charge is 0.328 e. The van der Waals surface area contributed by atoms with E-state index in [1.807, 2.05) is 0 Å². The van der Waals surface area contributed by atoms with Crippen molar-refractivity contribution in [3.8, 4) is 0 Å². The summed E-state index contributed by atoms with van der Waals surface area (Å²) in [5.41, 5.74) is 0. The van der Waals surface area contributed by atoms with Crippen molar-refractivity contribution >= 4 is 0 Å². The molecule has 2 nitrogen and oxygen atoms in total. The summed E-state index contributed by atoms with van der Waals surface area (Å²) in [5.74, 6) is 2.08. The van der Waals surface area contributed by atoms with E-state index in [-0.39, 0.29) is 0 Å². The molecule has 0 unspecified atom stereocenters. The molecule has 0 heterocycles. The Morgan fingerprint density at radius 1 is 0.464 bits per heavy atom. The second kappa shape index (κ2) is 12.6. The predicted molar refractivity (Wildman–Crippen MR) is 125 cm³/mol. The zero-order valence-corrected chi connectivity index (χ0v) is 20.2. The van der Waals surface area contributed by atoms with E-state index in [1.54, 1.807) is 0 Å². The third kappa shape index (κ3) is 10.6. The fraction of sp³-hybridized carbons (Fsp3) is 1.00. The Hall–Kier alpha value is -0.0800. The minimum atomic E-state index is 1.04. The lowest BCUT2D eigenvalue weighted by atomic mass is 9.87. The number of hydrogen-bond donors (Lipinski definition) is 0. The highest BCUT2D eigenvalue weighted by Gasteiger charge is 2.21. The first-order valence-electron chi connectivity index (χ1n) is 13.0. The molecule has 2 heteroatoms. The van der Waals surface area contributed by atoms with E-state index in [1.165, 1.54) is 138 Å². The summed E-state index contributed by atoms with van der Waals surface area (Å²) in [5, 5.41) is 0. The Morgan fingerprint density at radius 3 is 1.18 bits per heavy atom. The van der Waals surface area contributed by atoms with Crippen molar-refractivity contribution in [1.82, 2.24) is 0 Å². The summed E-state index contributed by atoms with van der Waals surface area (Å²) in [6, 6.07) is 0. The van der Waals surface area contributed by atoms with Gasteiger partial charge in [0.1, 0.15) is 0 Å². The average Bonchev–Trinajstić information content (AvgIpc) is 2.69. The Balaban J connectivity index is 1.47. The normalized spacial score (nSPS) is 20.6. The van der Waals surface area contributed by atoms with Crippen LogP contribution in [-0.4, -0.2) is 63.3 Å². The number of rotatable bonds is 13. The first kappa shape index (κ1) is 24.2. The molecule has 0 saturated heterocycles. The molecular formula is C26H54N2+2. The van der Waals surface area contributed by atoms with Crippen molar-refractivity contribution < 1.29 is 8.97 Å². The monoisotopic (exact) mass is 394 g/mol. The van der Waals surface area contributed by atoms with Crippen LogP contribution in [0.1, 0.15) is 103 Å². The maximum absolute atomic E-state index is 2.47. The van der Waals surface area contributed by atoms with E-state index in [0.717, 1.165) is 11.8 Å². The van der Waals surface area contributed by atoms with Crippen molar-refractivity contribution in [3.63, 3.8) is 0 Å². The van der Waals surface area contributed by atoms with E-state index in [4.69, 9.17) is 0 Å². The van der Waals surface area contributed by atoms with Crippen LogP contribution in [0.3, 0.4) is 0 Å². The summed E-state index contributed by atoms with van der Waals surface area (Å²) in [6.45, 7) is 5.56. The lowest BCUT2D eigenvalue weighted by molar-refractivity contribution is -0.891. The molecule has 0 aromatic rings. The van der Waals surface area contributed by atoms with E-state index >= 15 is 0 Å². The Bertz CT molecular complexity index is 351. The zero-order chi connectivity index (χ0) is 20.3. The highest BCUT2D eigenvalue weighted by atomic mass is 15.3. The molecule has 2 fully saturated rings. The molecule has 0 aromatic carbocycles. The highest BCUT2D eigenvalue weighted by Crippen LogP contribution is 2.28. The summed E-state index contributed by atoms with van der Waals surface area (Å²) in [6.07, 6.45) is 23.7. The molecule has 0 amide bonds. The van der Waals surface area contributed by atoms with E-state index in [0.29, 0.717) is 0 Å². The van der Waals surface area contributed by atoms with Crippen molar-refractivity contribution in [1.29, 1.82) is 0 Å². The van der Waals surface area contributed by atoms with E-state index in [9.17, 15) is 0 Å². The van der Waals surface area contributed by atoms with Crippen molar-refractivity contribution in [2.45, 2.75) is 103 Å². The van der Waals surface area contributed by atoms with Crippen LogP contribution in [0.25, 0.3) is 0 Å². The van der Waals surface area contributed by atoms with Gasteiger partial charge in [0.2, 0.25) is 0 Å². The van der Waals surface area contributed by atoms with Crippen LogP contribution in [0.15, 0.2) is 0 Å². The van der Waals surface area contributed by atoms with Gasteiger partial charge in [-0.2, -0.15) is 0 Å². The third-order valence-corrected chi connectivity index (χ3v) is 8.01. The molecule has 0 radical (unpaired) electrons. The topological polar surface area (TPSA) is 0 Å². The van der Waals surface area contributed by atoms with Crippen LogP contribution in [-0.2, 0) is 0 Å². The van der Waals surface area contributed by atoms with Gasteiger partial charge in [-0.25, -0.2) is 0 Å². The predicted octanol–water partition coefficient (Wildman–Crippen LogP) is 6.64. The number of nitrogens with zero attached hydrogens (tertiary/aromatic N) is 2. The highest BCUT2D eigenvalue weighted by molar-refractivity contribution is 4.66. The van der Waals surface area contributed by atoms with Gasteiger partial charge in [0.25, 0.3) is 0 Å². The van der Waals surface area contributed by atoms with Crippen LogP contribution < -0.4 is 0 Å². The van der Waals surface area contributed by atoms with Gasteiger partial charge >= 0.3 is 0 Å². The molecule has 166 valence electrons. The number of unbranched alkanes of at least 4 members (excludes halogenated alkanes) is 3. The summed E-state index contributed by atoms with van der Waals surface area (Å²) < 4.78 is 2.50. The van der Waals surface area contributed by atoms with Gasteiger partial charge in [-0.05, 0) is 50.4 Å². The van der Waals surface area contributed by atoms with Gasteiger partial charge in [0.15, 0.2) is 0 Å². The van der Waals surface area contributed by atoms with Crippen LogP contribution in [0.2, 0.25) is 0 Å². The van der Waals surface area contributed by atoms with Crippen molar-refractivity contribution in [3.05, 3.63) is 0 Å². The molecule has 2 rings (SSSR count). The smallest absolute Gasteiger partial charge is 0.0785 e. The minimum Gasteiger partial charge on any atom is -0.328 e. The van der Waals surface area contributed by atoms with Gasteiger partial charge < -0.3 is 8.97 Å². The molecule has 2 saturated carbocycles. The van der Waals surface area contributed by atoms with Crippen LogP contribution in [0.5, 0.6) is 0 Å². The number of hydrogen-bond acceptors (Lipinski definition) is 0. The standard InChI is InChI=1S/C26H54N2/c1-27(2,23-19-25-15-9-7-10-16-25)21-13-5-6-14-22-28(3,4)24-20-26-17-11-8-12-18-26/h25-26H,5-24H2,1-4H3/q+2. The fourth-order valence-corrected chi connectivity index (χ4v) is 5.67. The molecule has 0 spiro atoms. The van der Waals surface area contributed by atoms with Crippen LogP contribution in [0.4, 0.5) is 0 Å². The summed E-state index contributed by atoms with van der Waals surface area (Å²) >= 11 is 0. The summed E-state index contributed by atoms with van der Waals surface area (Å²) in [4.78, 5) is 0. The first-order valence-corrected chi connectivity index (χ1v) is 13.0. The maximum Gasteiger partial charge on any atom is 0.0785 e. The first-order chi connectivity index (χ1) is 13.4. The SMILES string of the molecule is C[N+](C)(CCCCCC[N+](C)(C)CCC1CCCCC1)CCC1CCCCC1. The molecule has 0 atom stereocenters. The number of quaternary nitrogens is 2. The van der Waals surface area contributed by atoms with Gasteiger partial charge in [0.05, 0.1) is 54.4 Å². The lowest BCUT2D eigenvalue weighted by Gasteiger charge is -2.33. The molecular weight excluding hydrogens is 340 g/mol. The molecule has 0 bridgehead atoms. The third-order valence-electron chi connectivity index (χ3n) is 8.01. The maximum atomic E-state index is 2.47. The molecule has 0 aromatic heterocycles. The zero-order valence-electron chi connectivity index (χ0n) is 20.2.